The molecule has 1 aromatic carbocycles. The highest BCUT2D eigenvalue weighted by molar-refractivity contribution is 9.10. The van der Waals surface area contributed by atoms with Crippen LogP contribution in [0.2, 0.25) is 0 Å². The zero-order chi connectivity index (χ0) is 10.4. The Balaban J connectivity index is 2.23. The Bertz CT molecular complexity index is 408. The van der Waals surface area contributed by atoms with E-state index in [2.05, 4.69) is 26.1 Å². The molecule has 0 radical (unpaired) electrons. The van der Waals surface area contributed by atoms with Crippen molar-refractivity contribution in [2.75, 3.05) is 29.9 Å². The van der Waals surface area contributed by atoms with E-state index >= 15 is 0 Å². The van der Waals surface area contributed by atoms with Gasteiger partial charge in [0.2, 0.25) is 0 Å². The average molecular weight is 269 g/mol. The second-order valence-corrected chi connectivity index (χ2v) is 4.93. The lowest BCUT2D eigenvalue weighted by Crippen LogP contribution is -2.39. The van der Waals surface area contributed by atoms with Crippen LogP contribution >= 0.6 is 15.9 Å². The van der Waals surface area contributed by atoms with Crippen LogP contribution in [0.4, 0.5) is 11.4 Å². The maximum absolute atomic E-state index is 9.94. The van der Waals surface area contributed by atoms with Gasteiger partial charge in [-0.3, -0.25) is 0 Å². The normalized spacial score (nSPS) is 23.3. The van der Waals surface area contributed by atoms with Crippen molar-refractivity contribution in [3.63, 3.8) is 0 Å². The summed E-state index contributed by atoms with van der Waals surface area (Å²) in [5.74, 6) is 0. The lowest BCUT2D eigenvalue weighted by atomic mass is 9.96. The lowest BCUT2D eigenvalue weighted by Gasteiger charge is -2.39. The fraction of sp³-hybridized carbons (Fsp3) is 0.455. The molecule has 1 aromatic rings. The van der Waals surface area contributed by atoms with Gasteiger partial charge in [-0.25, -0.2) is 0 Å². The molecule has 2 heterocycles. The molecule has 15 heavy (non-hydrogen) atoms. The summed E-state index contributed by atoms with van der Waals surface area (Å²) in [7, 11) is 0. The quantitative estimate of drug-likeness (QED) is 0.757. The zero-order valence-corrected chi connectivity index (χ0v) is 9.92. The number of rotatable bonds is 0. The first-order valence-corrected chi connectivity index (χ1v) is 6.06. The third-order valence-corrected chi connectivity index (χ3v) is 3.85. The molecule has 1 atom stereocenters. The van der Waals surface area contributed by atoms with Gasteiger partial charge in [0.05, 0.1) is 17.5 Å². The van der Waals surface area contributed by atoms with Crippen LogP contribution in [0.5, 0.6) is 0 Å². The molecule has 0 bridgehead atoms. The molecule has 3 nitrogen and oxygen atoms in total. The van der Waals surface area contributed by atoms with Crippen LogP contribution in [-0.2, 0) is 0 Å². The minimum absolute atomic E-state index is 0.303. The summed E-state index contributed by atoms with van der Waals surface area (Å²) < 4.78 is 1.08. The predicted molar refractivity (Wildman–Crippen MR) is 64.4 cm³/mol. The van der Waals surface area contributed by atoms with Gasteiger partial charge in [-0.05, 0) is 28.4 Å². The first kappa shape index (κ1) is 9.48. The Kier molecular flexibility index (Phi) is 2.14. The number of halogens is 1. The molecule has 0 saturated carbocycles. The van der Waals surface area contributed by atoms with Gasteiger partial charge < -0.3 is 15.3 Å². The van der Waals surface area contributed by atoms with Crippen molar-refractivity contribution < 1.29 is 5.11 Å². The van der Waals surface area contributed by atoms with Crippen LogP contribution < -0.4 is 10.2 Å². The molecule has 4 heteroatoms. The van der Waals surface area contributed by atoms with E-state index in [-0.39, 0.29) is 6.10 Å². The number of hydrogen-bond donors (Lipinski definition) is 2. The third kappa shape index (κ3) is 1.35. The first-order chi connectivity index (χ1) is 7.27. The van der Waals surface area contributed by atoms with E-state index in [4.69, 9.17) is 0 Å². The van der Waals surface area contributed by atoms with E-state index in [0.29, 0.717) is 0 Å². The van der Waals surface area contributed by atoms with Crippen LogP contribution in [0, 0.1) is 0 Å². The van der Waals surface area contributed by atoms with Crippen molar-refractivity contribution in [3.8, 4) is 0 Å². The van der Waals surface area contributed by atoms with E-state index in [1.807, 2.05) is 12.1 Å². The van der Waals surface area contributed by atoms with Crippen molar-refractivity contribution in [1.82, 2.24) is 0 Å². The van der Waals surface area contributed by atoms with Crippen molar-refractivity contribution in [1.29, 1.82) is 0 Å². The van der Waals surface area contributed by atoms with Gasteiger partial charge in [-0.2, -0.15) is 0 Å². The predicted octanol–water partition coefficient (Wildman–Crippen LogP) is 2.12. The number of anilines is 2. The van der Waals surface area contributed by atoms with E-state index in [1.165, 1.54) is 5.69 Å². The second kappa shape index (κ2) is 3.39. The third-order valence-electron chi connectivity index (χ3n) is 3.19. The Morgan fingerprint density at radius 2 is 2.27 bits per heavy atom. The summed E-state index contributed by atoms with van der Waals surface area (Å²) in [4.78, 5) is 2.36. The number of nitrogens with zero attached hydrogens (tertiary/aromatic N) is 1. The van der Waals surface area contributed by atoms with Crippen LogP contribution in [-0.4, -0.2) is 24.7 Å². The molecule has 0 spiro atoms. The van der Waals surface area contributed by atoms with Crippen LogP contribution in [0.25, 0.3) is 0 Å². The molecule has 0 fully saturated rings. The average Bonchev–Trinajstić information content (AvgIpc) is 2.26. The molecule has 0 aliphatic carbocycles. The largest absolute Gasteiger partial charge is 0.388 e. The molecule has 2 aliphatic rings. The molecule has 0 aromatic heterocycles. The molecule has 2 N–H and O–H groups in total. The van der Waals surface area contributed by atoms with Crippen LogP contribution in [0.15, 0.2) is 16.6 Å². The van der Waals surface area contributed by atoms with Gasteiger partial charge in [0.1, 0.15) is 0 Å². The van der Waals surface area contributed by atoms with E-state index in [9.17, 15) is 5.11 Å². The molecule has 80 valence electrons. The Labute approximate surface area is 97.2 Å². The van der Waals surface area contributed by atoms with E-state index in [0.717, 1.165) is 41.8 Å². The topological polar surface area (TPSA) is 35.5 Å². The highest BCUT2D eigenvalue weighted by Crippen LogP contribution is 2.44. The fourth-order valence-corrected chi connectivity index (χ4v) is 2.91. The van der Waals surface area contributed by atoms with Crippen molar-refractivity contribution in [2.45, 2.75) is 12.5 Å². The van der Waals surface area contributed by atoms with Crippen LogP contribution in [0.3, 0.4) is 0 Å². The van der Waals surface area contributed by atoms with Crippen molar-refractivity contribution in [2.24, 2.45) is 0 Å². The Hall–Kier alpha value is -0.740. The van der Waals surface area contributed by atoms with Gasteiger partial charge >= 0.3 is 0 Å². The summed E-state index contributed by atoms with van der Waals surface area (Å²) in [5, 5.41) is 13.3. The van der Waals surface area contributed by atoms with E-state index in [1.54, 1.807) is 0 Å². The maximum atomic E-state index is 9.94. The highest BCUT2D eigenvalue weighted by Gasteiger charge is 2.29. The molecule has 2 aliphatic heterocycles. The highest BCUT2D eigenvalue weighted by atomic mass is 79.9. The number of aliphatic hydroxyl groups excluding tert-OH is 1. The molecule has 3 rings (SSSR count). The number of aliphatic hydroxyl groups is 1. The van der Waals surface area contributed by atoms with E-state index < -0.39 is 0 Å². The van der Waals surface area contributed by atoms with Crippen LogP contribution in [0.1, 0.15) is 18.1 Å². The molecular weight excluding hydrogens is 256 g/mol. The fourth-order valence-electron chi connectivity index (χ4n) is 2.45. The van der Waals surface area contributed by atoms with Gasteiger partial charge in [0.25, 0.3) is 0 Å². The van der Waals surface area contributed by atoms with Gasteiger partial charge in [0, 0.05) is 29.7 Å². The molecule has 0 saturated heterocycles. The van der Waals surface area contributed by atoms with Crippen molar-refractivity contribution in [3.05, 3.63) is 22.2 Å². The minimum atomic E-state index is -0.303. The second-order valence-electron chi connectivity index (χ2n) is 4.08. The standard InChI is InChI=1S/C11H13BrN2O/c12-8-2-1-7-9(15)3-5-14-6-4-13-10(8)11(7)14/h1-2,9,13,15H,3-6H2. The number of nitrogens with one attached hydrogen (secondary N) is 1. The summed E-state index contributed by atoms with van der Waals surface area (Å²) in [6, 6.07) is 4.03. The number of hydrogen-bond acceptors (Lipinski definition) is 3. The molecule has 0 amide bonds. The Morgan fingerprint density at radius 3 is 3.13 bits per heavy atom. The lowest BCUT2D eigenvalue weighted by molar-refractivity contribution is 0.164. The monoisotopic (exact) mass is 268 g/mol. The Morgan fingerprint density at radius 1 is 1.40 bits per heavy atom. The van der Waals surface area contributed by atoms with Gasteiger partial charge in [-0.15, -0.1) is 0 Å². The number of benzene rings is 1. The molecule has 1 unspecified atom stereocenters. The molecular formula is C11H13BrN2O. The summed E-state index contributed by atoms with van der Waals surface area (Å²) in [6.07, 6.45) is 0.539. The zero-order valence-electron chi connectivity index (χ0n) is 8.33. The summed E-state index contributed by atoms with van der Waals surface area (Å²) in [5.41, 5.74) is 3.39. The first-order valence-electron chi connectivity index (χ1n) is 5.26. The van der Waals surface area contributed by atoms with Gasteiger partial charge in [0.15, 0.2) is 0 Å². The summed E-state index contributed by atoms with van der Waals surface area (Å²) >= 11 is 3.55. The van der Waals surface area contributed by atoms with Gasteiger partial charge in [-0.1, -0.05) is 6.07 Å². The summed E-state index contributed by atoms with van der Waals surface area (Å²) in [6.45, 7) is 2.97. The maximum Gasteiger partial charge on any atom is 0.0827 e. The minimum Gasteiger partial charge on any atom is -0.388 e. The SMILES string of the molecule is OC1CCN2CCNc3c(Br)ccc1c32. The van der Waals surface area contributed by atoms with Crippen molar-refractivity contribution >= 4 is 27.3 Å². The smallest absolute Gasteiger partial charge is 0.0827 e.